The van der Waals surface area contributed by atoms with Crippen molar-refractivity contribution in [2.45, 2.75) is 71.6 Å². The standard InChI is InChI=1S/C20H39N5O2/c1-6-22-19(24-9-7-8-17(13-24)10-18(21)26)23-14-20(4,5)25-11-15(2)27-16(3)12-25/h15-17H,6-14H2,1-5H3,(H2,21,26)(H,22,23). The highest BCUT2D eigenvalue weighted by atomic mass is 16.5. The van der Waals surface area contributed by atoms with Crippen LogP contribution < -0.4 is 11.1 Å². The highest BCUT2D eigenvalue weighted by Gasteiger charge is 2.33. The molecular formula is C20H39N5O2. The third kappa shape index (κ3) is 6.64. The molecule has 0 spiro atoms. The van der Waals surface area contributed by atoms with Crippen LogP contribution in [0.3, 0.4) is 0 Å². The zero-order chi connectivity index (χ0) is 20.0. The Bertz CT molecular complexity index is 513. The van der Waals surface area contributed by atoms with E-state index < -0.39 is 0 Å². The number of ether oxygens (including phenoxy) is 1. The minimum atomic E-state index is -0.208. The second kappa shape index (κ2) is 9.73. The van der Waals surface area contributed by atoms with Crippen LogP contribution in [-0.4, -0.2) is 78.7 Å². The third-order valence-electron chi connectivity index (χ3n) is 5.53. The lowest BCUT2D eigenvalue weighted by molar-refractivity contribution is -0.119. The molecule has 27 heavy (non-hydrogen) atoms. The number of likely N-dealkylation sites (tertiary alicyclic amines) is 1. The Hall–Kier alpha value is -1.34. The summed E-state index contributed by atoms with van der Waals surface area (Å²) in [5.41, 5.74) is 5.37. The SMILES string of the molecule is CCNC(=NCC(C)(C)N1CC(C)OC(C)C1)N1CCCC(CC(N)=O)C1. The maximum atomic E-state index is 11.3. The van der Waals surface area contributed by atoms with Crippen molar-refractivity contribution >= 4 is 11.9 Å². The Labute approximate surface area is 164 Å². The summed E-state index contributed by atoms with van der Waals surface area (Å²) in [5, 5.41) is 3.44. The van der Waals surface area contributed by atoms with Gasteiger partial charge in [0.2, 0.25) is 5.91 Å². The highest BCUT2D eigenvalue weighted by Crippen LogP contribution is 2.23. The molecule has 2 fully saturated rings. The quantitative estimate of drug-likeness (QED) is 0.537. The molecule has 2 rings (SSSR count). The number of hydrogen-bond donors (Lipinski definition) is 2. The van der Waals surface area contributed by atoms with Gasteiger partial charge in [-0.2, -0.15) is 0 Å². The normalized spacial score (nSPS) is 28.3. The van der Waals surface area contributed by atoms with Gasteiger partial charge in [-0.05, 0) is 53.4 Å². The molecule has 2 saturated heterocycles. The second-order valence-corrected chi connectivity index (χ2v) is 8.77. The van der Waals surface area contributed by atoms with Crippen molar-refractivity contribution in [3.8, 4) is 0 Å². The molecule has 7 heteroatoms. The van der Waals surface area contributed by atoms with Crippen LogP contribution in [0, 0.1) is 5.92 Å². The number of nitrogens with two attached hydrogens (primary N) is 1. The van der Waals surface area contributed by atoms with Crippen molar-refractivity contribution in [2.24, 2.45) is 16.6 Å². The molecule has 0 saturated carbocycles. The zero-order valence-corrected chi connectivity index (χ0v) is 17.8. The van der Waals surface area contributed by atoms with E-state index in [1.165, 1.54) is 0 Å². The van der Waals surface area contributed by atoms with Crippen molar-refractivity contribution in [1.29, 1.82) is 0 Å². The number of piperidine rings is 1. The van der Waals surface area contributed by atoms with Gasteiger partial charge in [-0.3, -0.25) is 14.7 Å². The van der Waals surface area contributed by atoms with E-state index in [1.807, 2.05) is 0 Å². The number of amides is 1. The molecule has 2 heterocycles. The lowest BCUT2D eigenvalue weighted by atomic mass is 9.95. The average Bonchev–Trinajstić information content (AvgIpc) is 2.57. The first-order valence-electron chi connectivity index (χ1n) is 10.4. The Balaban J connectivity index is 2.04. The van der Waals surface area contributed by atoms with E-state index in [4.69, 9.17) is 15.5 Å². The van der Waals surface area contributed by atoms with Gasteiger partial charge >= 0.3 is 0 Å². The maximum absolute atomic E-state index is 11.3. The zero-order valence-electron chi connectivity index (χ0n) is 17.8. The average molecular weight is 382 g/mol. The van der Waals surface area contributed by atoms with Crippen LogP contribution in [0.1, 0.15) is 53.9 Å². The summed E-state index contributed by atoms with van der Waals surface area (Å²) < 4.78 is 5.88. The molecule has 0 aliphatic carbocycles. The van der Waals surface area contributed by atoms with Crippen molar-refractivity contribution < 1.29 is 9.53 Å². The number of nitrogens with zero attached hydrogens (tertiary/aromatic N) is 3. The predicted octanol–water partition coefficient (Wildman–Crippen LogP) is 1.43. The summed E-state index contributed by atoms with van der Waals surface area (Å²) in [6, 6.07) is 0. The predicted molar refractivity (Wildman–Crippen MR) is 110 cm³/mol. The van der Waals surface area contributed by atoms with Crippen LogP contribution >= 0.6 is 0 Å². The van der Waals surface area contributed by atoms with Gasteiger partial charge < -0.3 is 20.7 Å². The molecule has 2 aliphatic heterocycles. The van der Waals surface area contributed by atoms with Crippen molar-refractivity contribution in [3.05, 3.63) is 0 Å². The Morgan fingerprint density at radius 1 is 1.26 bits per heavy atom. The fraction of sp³-hybridized carbons (Fsp3) is 0.900. The largest absolute Gasteiger partial charge is 0.373 e. The summed E-state index contributed by atoms with van der Waals surface area (Å²) in [5.74, 6) is 1.07. The second-order valence-electron chi connectivity index (χ2n) is 8.77. The minimum absolute atomic E-state index is 0.0324. The smallest absolute Gasteiger partial charge is 0.217 e. The Kier molecular flexibility index (Phi) is 7.91. The number of guanidine groups is 1. The van der Waals surface area contributed by atoms with E-state index in [9.17, 15) is 4.79 Å². The van der Waals surface area contributed by atoms with E-state index in [1.54, 1.807) is 0 Å². The summed E-state index contributed by atoms with van der Waals surface area (Å²) in [4.78, 5) is 21.1. The maximum Gasteiger partial charge on any atom is 0.217 e. The minimum Gasteiger partial charge on any atom is -0.373 e. The first kappa shape index (κ1) is 22.0. The summed E-state index contributed by atoms with van der Waals surface area (Å²) in [6.45, 7) is 16.2. The number of nitrogens with one attached hydrogen (secondary N) is 1. The van der Waals surface area contributed by atoms with Crippen LogP contribution in [0.5, 0.6) is 0 Å². The Morgan fingerprint density at radius 3 is 2.52 bits per heavy atom. The lowest BCUT2D eigenvalue weighted by Crippen LogP contribution is -2.56. The topological polar surface area (TPSA) is 83.2 Å². The number of rotatable bonds is 6. The lowest BCUT2D eigenvalue weighted by Gasteiger charge is -2.44. The number of primary amides is 1. The molecule has 7 nitrogen and oxygen atoms in total. The number of aliphatic imine (C=N–C) groups is 1. The molecule has 0 aromatic carbocycles. The number of morpholine rings is 1. The van der Waals surface area contributed by atoms with Crippen molar-refractivity contribution in [1.82, 2.24) is 15.1 Å². The van der Waals surface area contributed by atoms with Gasteiger partial charge in [0.25, 0.3) is 0 Å². The molecule has 3 unspecified atom stereocenters. The molecule has 3 atom stereocenters. The monoisotopic (exact) mass is 381 g/mol. The summed E-state index contributed by atoms with van der Waals surface area (Å²) >= 11 is 0. The van der Waals surface area contributed by atoms with Gasteiger partial charge in [0.1, 0.15) is 0 Å². The Morgan fingerprint density at radius 2 is 1.93 bits per heavy atom. The number of carbonyl (C=O) groups is 1. The first-order valence-corrected chi connectivity index (χ1v) is 10.4. The van der Waals surface area contributed by atoms with E-state index in [0.717, 1.165) is 58.1 Å². The van der Waals surface area contributed by atoms with Crippen molar-refractivity contribution in [3.63, 3.8) is 0 Å². The van der Waals surface area contributed by atoms with Crippen LogP contribution in [0.15, 0.2) is 4.99 Å². The van der Waals surface area contributed by atoms with Gasteiger partial charge in [0.15, 0.2) is 5.96 Å². The molecule has 0 aromatic heterocycles. The van der Waals surface area contributed by atoms with Gasteiger partial charge in [-0.1, -0.05) is 0 Å². The van der Waals surface area contributed by atoms with Gasteiger partial charge in [-0.25, -0.2) is 0 Å². The number of hydrogen-bond acceptors (Lipinski definition) is 4. The van der Waals surface area contributed by atoms with Gasteiger partial charge in [0, 0.05) is 44.7 Å². The van der Waals surface area contributed by atoms with Crippen LogP contribution in [0.4, 0.5) is 0 Å². The molecule has 156 valence electrons. The molecular weight excluding hydrogens is 342 g/mol. The molecule has 2 aliphatic rings. The van der Waals surface area contributed by atoms with Crippen LogP contribution in [-0.2, 0) is 9.53 Å². The van der Waals surface area contributed by atoms with Crippen molar-refractivity contribution in [2.75, 3.05) is 39.3 Å². The molecule has 0 radical (unpaired) electrons. The summed E-state index contributed by atoms with van der Waals surface area (Å²) in [6.07, 6.45) is 3.10. The molecule has 3 N–H and O–H groups in total. The van der Waals surface area contributed by atoms with E-state index in [2.05, 4.69) is 49.7 Å². The molecule has 1 amide bonds. The third-order valence-corrected chi connectivity index (χ3v) is 5.53. The van der Waals surface area contributed by atoms with Gasteiger partial charge in [0.05, 0.1) is 18.8 Å². The van der Waals surface area contributed by atoms with Gasteiger partial charge in [-0.15, -0.1) is 0 Å². The highest BCUT2D eigenvalue weighted by molar-refractivity contribution is 5.80. The summed E-state index contributed by atoms with van der Waals surface area (Å²) in [7, 11) is 0. The van der Waals surface area contributed by atoms with Crippen LogP contribution in [0.25, 0.3) is 0 Å². The molecule has 0 aromatic rings. The molecule has 0 bridgehead atoms. The number of carbonyl (C=O) groups excluding carboxylic acids is 1. The fourth-order valence-electron chi connectivity index (χ4n) is 4.17. The van der Waals surface area contributed by atoms with E-state index in [-0.39, 0.29) is 23.7 Å². The first-order chi connectivity index (χ1) is 12.7. The van der Waals surface area contributed by atoms with Crippen LogP contribution in [0.2, 0.25) is 0 Å². The fourth-order valence-corrected chi connectivity index (χ4v) is 4.17. The van der Waals surface area contributed by atoms with E-state index in [0.29, 0.717) is 12.3 Å². The van der Waals surface area contributed by atoms with E-state index >= 15 is 0 Å².